The average molecular weight is 289 g/mol. The molecule has 1 fully saturated rings. The van der Waals surface area contributed by atoms with E-state index in [1.807, 2.05) is 18.2 Å². The van der Waals surface area contributed by atoms with Crippen LogP contribution >= 0.6 is 12.2 Å². The highest BCUT2D eigenvalue weighted by Crippen LogP contribution is 2.29. The second-order valence-electron chi connectivity index (χ2n) is 5.45. The molecule has 1 aliphatic rings. The summed E-state index contributed by atoms with van der Waals surface area (Å²) in [6.45, 7) is 3.34. The van der Waals surface area contributed by atoms with Gasteiger partial charge in [-0.25, -0.2) is 0 Å². The Bertz CT molecular complexity index is 633. The molecule has 3 rings (SSSR count). The first kappa shape index (κ1) is 13.5. The van der Waals surface area contributed by atoms with Gasteiger partial charge in [0.25, 0.3) is 0 Å². The van der Waals surface area contributed by atoms with E-state index in [4.69, 9.17) is 12.2 Å². The molecule has 2 atom stereocenters. The molecule has 0 radical (unpaired) electrons. The summed E-state index contributed by atoms with van der Waals surface area (Å²) in [4.78, 5) is 6.78. The van der Waals surface area contributed by atoms with Gasteiger partial charge in [0.2, 0.25) is 0 Å². The third-order valence-electron chi connectivity index (χ3n) is 4.14. The molecule has 3 heterocycles. The number of hydrogen-bond donors (Lipinski definition) is 1. The van der Waals surface area contributed by atoms with Gasteiger partial charge in [0, 0.05) is 24.8 Å². The summed E-state index contributed by atoms with van der Waals surface area (Å²) in [6.07, 6.45) is 3.97. The largest absolute Gasteiger partial charge is 0.304 e. The maximum atomic E-state index is 5.43. The summed E-state index contributed by atoms with van der Waals surface area (Å²) >= 11 is 5.43. The highest BCUT2D eigenvalue weighted by Gasteiger charge is 2.26. The van der Waals surface area contributed by atoms with Crippen LogP contribution in [0, 0.1) is 4.77 Å². The number of hydrogen-bond acceptors (Lipinski definition) is 4. The normalized spacial score (nSPS) is 23.9. The van der Waals surface area contributed by atoms with Crippen molar-refractivity contribution >= 4 is 12.2 Å². The molecular weight excluding hydrogens is 270 g/mol. The quantitative estimate of drug-likeness (QED) is 0.864. The average Bonchev–Trinajstić information content (AvgIpc) is 2.85. The fourth-order valence-corrected chi connectivity index (χ4v) is 3.10. The molecule has 20 heavy (non-hydrogen) atoms. The second-order valence-corrected chi connectivity index (χ2v) is 5.83. The van der Waals surface area contributed by atoms with Crippen LogP contribution in [0.3, 0.4) is 0 Å². The minimum atomic E-state index is 0.393. The molecule has 0 bridgehead atoms. The van der Waals surface area contributed by atoms with Crippen molar-refractivity contribution in [3.63, 3.8) is 0 Å². The summed E-state index contributed by atoms with van der Waals surface area (Å²) in [5, 5.41) is 7.30. The molecule has 2 unspecified atom stereocenters. The number of piperidine rings is 1. The lowest BCUT2D eigenvalue weighted by molar-refractivity contribution is 0.157. The van der Waals surface area contributed by atoms with Crippen LogP contribution in [0.4, 0.5) is 0 Å². The molecule has 0 saturated carbocycles. The van der Waals surface area contributed by atoms with Crippen molar-refractivity contribution < 1.29 is 0 Å². The van der Waals surface area contributed by atoms with Gasteiger partial charge >= 0.3 is 0 Å². The summed E-state index contributed by atoms with van der Waals surface area (Å²) in [7, 11) is 2.18. The number of aromatic nitrogens is 4. The van der Waals surface area contributed by atoms with Crippen LogP contribution in [-0.2, 0) is 0 Å². The maximum Gasteiger partial charge on any atom is 0.195 e. The number of likely N-dealkylation sites (tertiary alicyclic amines) is 1. The maximum absolute atomic E-state index is 5.43. The molecule has 1 aliphatic heterocycles. The van der Waals surface area contributed by atoms with Crippen molar-refractivity contribution in [2.24, 2.45) is 0 Å². The van der Waals surface area contributed by atoms with Crippen molar-refractivity contribution in [2.75, 3.05) is 13.6 Å². The van der Waals surface area contributed by atoms with Gasteiger partial charge in [-0.2, -0.15) is 5.10 Å². The molecular formula is C14H19N5S. The van der Waals surface area contributed by atoms with E-state index in [1.54, 1.807) is 6.20 Å². The van der Waals surface area contributed by atoms with Crippen LogP contribution in [0.1, 0.15) is 25.8 Å². The van der Waals surface area contributed by atoms with Gasteiger partial charge in [0.1, 0.15) is 5.69 Å². The van der Waals surface area contributed by atoms with Gasteiger partial charge < -0.3 is 4.90 Å². The van der Waals surface area contributed by atoms with E-state index >= 15 is 0 Å². The molecule has 0 amide bonds. The lowest BCUT2D eigenvalue weighted by Gasteiger charge is -2.35. The Balaban J connectivity index is 1.98. The first-order valence-electron chi connectivity index (χ1n) is 6.95. The van der Waals surface area contributed by atoms with E-state index in [-0.39, 0.29) is 0 Å². The second kappa shape index (κ2) is 5.46. The number of aromatic amines is 1. The zero-order chi connectivity index (χ0) is 14.1. The SMILES string of the molecule is CC1CC(n2c(-c3ccccn3)n[nH]c2=S)CCN1C. The topological polar surface area (TPSA) is 49.7 Å². The first-order valence-corrected chi connectivity index (χ1v) is 7.36. The molecule has 1 saturated heterocycles. The minimum absolute atomic E-state index is 0.393. The fourth-order valence-electron chi connectivity index (χ4n) is 2.82. The molecule has 2 aromatic rings. The molecule has 0 aliphatic carbocycles. The van der Waals surface area contributed by atoms with Gasteiger partial charge in [0.05, 0.1) is 0 Å². The zero-order valence-electron chi connectivity index (χ0n) is 11.8. The third kappa shape index (κ3) is 2.41. The van der Waals surface area contributed by atoms with Crippen LogP contribution < -0.4 is 0 Å². The van der Waals surface area contributed by atoms with E-state index < -0.39 is 0 Å². The number of pyridine rings is 1. The monoisotopic (exact) mass is 289 g/mol. The Labute approximate surface area is 123 Å². The van der Waals surface area contributed by atoms with Crippen LogP contribution in [0.15, 0.2) is 24.4 Å². The fraction of sp³-hybridized carbons (Fsp3) is 0.500. The predicted octanol–water partition coefficient (Wildman–Crippen LogP) is 2.66. The van der Waals surface area contributed by atoms with Crippen LogP contribution in [0.5, 0.6) is 0 Å². The van der Waals surface area contributed by atoms with Crippen LogP contribution in [-0.4, -0.2) is 44.3 Å². The zero-order valence-corrected chi connectivity index (χ0v) is 12.6. The standard InChI is InChI=1S/C14H19N5S/c1-10-9-11(6-8-18(10)2)19-13(16-17-14(19)20)12-5-3-4-7-15-12/h3-5,7,10-11H,6,8-9H2,1-2H3,(H,17,20). The third-order valence-corrected chi connectivity index (χ3v) is 4.43. The Kier molecular flexibility index (Phi) is 3.67. The Morgan fingerprint density at radius 2 is 2.25 bits per heavy atom. The van der Waals surface area contributed by atoms with Crippen molar-refractivity contribution in [2.45, 2.75) is 31.8 Å². The summed E-state index contributed by atoms with van der Waals surface area (Å²) in [5.41, 5.74) is 0.867. The first-order chi connectivity index (χ1) is 9.66. The molecule has 5 nitrogen and oxygen atoms in total. The van der Waals surface area contributed by atoms with E-state index in [2.05, 4.69) is 38.6 Å². The highest BCUT2D eigenvalue weighted by molar-refractivity contribution is 7.71. The van der Waals surface area contributed by atoms with E-state index in [0.29, 0.717) is 16.9 Å². The molecule has 0 aromatic carbocycles. The summed E-state index contributed by atoms with van der Waals surface area (Å²) < 4.78 is 2.83. The Morgan fingerprint density at radius 1 is 1.40 bits per heavy atom. The lowest BCUT2D eigenvalue weighted by Crippen LogP contribution is -2.38. The van der Waals surface area contributed by atoms with Crippen molar-refractivity contribution in [1.29, 1.82) is 0 Å². The van der Waals surface area contributed by atoms with Gasteiger partial charge in [-0.3, -0.25) is 14.6 Å². The molecule has 6 heteroatoms. The van der Waals surface area contributed by atoms with Crippen LogP contribution in [0.25, 0.3) is 11.5 Å². The molecule has 2 aromatic heterocycles. The predicted molar refractivity (Wildman–Crippen MR) is 81.0 cm³/mol. The van der Waals surface area contributed by atoms with Crippen molar-refractivity contribution in [1.82, 2.24) is 24.6 Å². The van der Waals surface area contributed by atoms with E-state index in [0.717, 1.165) is 30.9 Å². The number of nitrogens with one attached hydrogen (secondary N) is 1. The van der Waals surface area contributed by atoms with Crippen molar-refractivity contribution in [3.8, 4) is 11.5 Å². The highest BCUT2D eigenvalue weighted by atomic mass is 32.1. The number of H-pyrrole nitrogens is 1. The van der Waals surface area contributed by atoms with Gasteiger partial charge in [-0.15, -0.1) is 0 Å². The van der Waals surface area contributed by atoms with E-state index in [1.165, 1.54) is 0 Å². The number of rotatable bonds is 2. The number of nitrogens with zero attached hydrogens (tertiary/aromatic N) is 4. The van der Waals surface area contributed by atoms with Gasteiger partial charge in [-0.05, 0) is 51.2 Å². The smallest absolute Gasteiger partial charge is 0.195 e. The molecule has 0 spiro atoms. The molecule has 106 valence electrons. The molecule has 1 N–H and O–H groups in total. The Morgan fingerprint density at radius 3 is 2.95 bits per heavy atom. The van der Waals surface area contributed by atoms with E-state index in [9.17, 15) is 0 Å². The summed E-state index contributed by atoms with van der Waals surface area (Å²) in [5.74, 6) is 0.845. The van der Waals surface area contributed by atoms with Crippen molar-refractivity contribution in [3.05, 3.63) is 29.2 Å². The minimum Gasteiger partial charge on any atom is -0.304 e. The van der Waals surface area contributed by atoms with Crippen LogP contribution in [0.2, 0.25) is 0 Å². The van der Waals surface area contributed by atoms with Gasteiger partial charge in [0.15, 0.2) is 10.6 Å². The lowest BCUT2D eigenvalue weighted by atomic mass is 9.98. The van der Waals surface area contributed by atoms with Gasteiger partial charge in [-0.1, -0.05) is 6.07 Å². The summed E-state index contributed by atoms with van der Waals surface area (Å²) in [6, 6.07) is 6.81. The Hall–Kier alpha value is -1.53.